The molecular weight excluding hydrogens is 530 g/mol. The lowest BCUT2D eigenvalue weighted by atomic mass is 10.0. The van der Waals surface area contributed by atoms with Crippen molar-refractivity contribution < 1.29 is 36.7 Å². The number of nitrogens with one attached hydrogen (secondary N) is 4. The summed E-state index contributed by atoms with van der Waals surface area (Å²) in [6, 6.07) is 7.06. The summed E-state index contributed by atoms with van der Waals surface area (Å²) in [6.07, 6.45) is 0. The van der Waals surface area contributed by atoms with Gasteiger partial charge in [-0.05, 0) is 43.7 Å². The lowest BCUT2D eigenvalue weighted by molar-refractivity contribution is -0.142. The van der Waals surface area contributed by atoms with E-state index in [0.29, 0.717) is 6.07 Å². The van der Waals surface area contributed by atoms with Crippen molar-refractivity contribution in [2.24, 2.45) is 0 Å². The van der Waals surface area contributed by atoms with Gasteiger partial charge in [-0.25, -0.2) is 26.8 Å². The van der Waals surface area contributed by atoms with Crippen LogP contribution in [0.1, 0.15) is 19.4 Å². The molecule has 1 heterocycles. The van der Waals surface area contributed by atoms with Gasteiger partial charge < -0.3 is 21.1 Å². The summed E-state index contributed by atoms with van der Waals surface area (Å²) < 4.78 is 50.5. The predicted octanol–water partition coefficient (Wildman–Crippen LogP) is 1.57. The van der Waals surface area contributed by atoms with Gasteiger partial charge in [-0.1, -0.05) is 18.2 Å². The van der Waals surface area contributed by atoms with Crippen molar-refractivity contribution in [1.29, 1.82) is 0 Å². The Morgan fingerprint density at radius 3 is 2.30 bits per heavy atom. The Labute approximate surface area is 216 Å². The van der Waals surface area contributed by atoms with Crippen LogP contribution in [0, 0.1) is 11.6 Å². The van der Waals surface area contributed by atoms with Crippen molar-refractivity contribution in [1.82, 2.24) is 21.3 Å². The third-order valence-electron chi connectivity index (χ3n) is 5.48. The molecule has 5 N–H and O–H groups in total. The zero-order valence-electron chi connectivity index (χ0n) is 19.8. The molecule has 0 aromatic heterocycles. The van der Waals surface area contributed by atoms with E-state index in [1.807, 2.05) is 0 Å². The Morgan fingerprint density at radius 1 is 1.08 bits per heavy atom. The van der Waals surface area contributed by atoms with E-state index in [1.165, 1.54) is 12.1 Å². The summed E-state index contributed by atoms with van der Waals surface area (Å²) in [5, 5.41) is 19.2. The molecule has 3 rings (SSSR count). The number of carbonyl (C=O) groups excluding carboxylic acids is 2. The second-order valence-corrected chi connectivity index (χ2v) is 12.8. The number of urea groups is 1. The zero-order valence-corrected chi connectivity index (χ0v) is 21.5. The van der Waals surface area contributed by atoms with Crippen LogP contribution in [0.5, 0.6) is 0 Å². The van der Waals surface area contributed by atoms with E-state index in [2.05, 4.69) is 21.3 Å². The van der Waals surface area contributed by atoms with E-state index in [1.54, 1.807) is 32.0 Å². The van der Waals surface area contributed by atoms with Crippen molar-refractivity contribution in [3.8, 4) is 0 Å². The third kappa shape index (κ3) is 7.17. The molecule has 0 saturated carbocycles. The van der Waals surface area contributed by atoms with E-state index >= 15 is 0 Å². The molecule has 1 saturated heterocycles. The van der Waals surface area contributed by atoms with E-state index in [9.17, 15) is 36.7 Å². The quantitative estimate of drug-likeness (QED) is 0.312. The number of aliphatic carboxylic acids is 1. The van der Waals surface area contributed by atoms with Gasteiger partial charge in [0.1, 0.15) is 23.7 Å². The Morgan fingerprint density at radius 2 is 1.70 bits per heavy atom. The topological polar surface area (TPSA) is 154 Å². The van der Waals surface area contributed by atoms with Crippen LogP contribution in [0.4, 0.5) is 13.6 Å². The van der Waals surface area contributed by atoms with Gasteiger partial charge >= 0.3 is 12.0 Å². The van der Waals surface area contributed by atoms with E-state index < -0.39 is 67.5 Å². The van der Waals surface area contributed by atoms with Crippen molar-refractivity contribution >= 4 is 39.5 Å². The number of sulfone groups is 1. The van der Waals surface area contributed by atoms with Gasteiger partial charge in [0.05, 0.1) is 11.4 Å². The second-order valence-electron chi connectivity index (χ2n) is 8.75. The summed E-state index contributed by atoms with van der Waals surface area (Å²) in [4.78, 5) is 36.8. The smallest absolute Gasteiger partial charge is 0.328 e. The number of amides is 3. The molecule has 3 amide bonds. The molecule has 1 aliphatic heterocycles. The molecule has 2 aromatic carbocycles. The number of halogens is 2. The lowest BCUT2D eigenvalue weighted by Crippen LogP contribution is -2.57. The van der Waals surface area contributed by atoms with Gasteiger partial charge in [0, 0.05) is 17.4 Å². The molecule has 0 bridgehead atoms. The van der Waals surface area contributed by atoms with Crippen LogP contribution in [0.25, 0.3) is 0 Å². The fraction of sp³-hybridized carbons (Fsp3) is 0.348. The van der Waals surface area contributed by atoms with E-state index in [4.69, 9.17) is 0 Å². The van der Waals surface area contributed by atoms with Crippen molar-refractivity contribution in [3.05, 3.63) is 65.7 Å². The number of hydrogen-bond acceptors (Lipinski definition) is 7. The van der Waals surface area contributed by atoms with Crippen LogP contribution in [0.2, 0.25) is 0 Å². The maximum atomic E-state index is 13.3. The molecule has 200 valence electrons. The summed E-state index contributed by atoms with van der Waals surface area (Å²) in [5.74, 6) is -3.82. The first-order valence-corrected chi connectivity index (χ1v) is 13.4. The van der Waals surface area contributed by atoms with Crippen LogP contribution >= 0.6 is 11.8 Å². The number of carbonyl (C=O) groups is 3. The maximum absolute atomic E-state index is 13.3. The number of carboxylic acids is 1. The van der Waals surface area contributed by atoms with Gasteiger partial charge in [0.15, 0.2) is 4.71 Å². The van der Waals surface area contributed by atoms with Crippen molar-refractivity contribution in [2.75, 3.05) is 6.54 Å². The number of hydrogen-bond donors (Lipinski definition) is 5. The van der Waals surface area contributed by atoms with Crippen molar-refractivity contribution in [2.45, 2.75) is 46.8 Å². The maximum Gasteiger partial charge on any atom is 0.328 e. The summed E-state index contributed by atoms with van der Waals surface area (Å²) in [7, 11) is -3.83. The summed E-state index contributed by atoms with van der Waals surface area (Å²) >= 11 is 1.03. The van der Waals surface area contributed by atoms with Crippen LogP contribution < -0.4 is 21.3 Å². The lowest BCUT2D eigenvalue weighted by Gasteiger charge is -2.25. The third-order valence-corrected chi connectivity index (χ3v) is 9.35. The van der Waals surface area contributed by atoms with Gasteiger partial charge in [0.25, 0.3) is 0 Å². The Bertz CT molecular complexity index is 1260. The van der Waals surface area contributed by atoms with Gasteiger partial charge in [-0.2, -0.15) is 0 Å². The van der Waals surface area contributed by atoms with Gasteiger partial charge in [0.2, 0.25) is 15.7 Å². The van der Waals surface area contributed by atoms with E-state index in [-0.39, 0.29) is 17.0 Å². The molecular formula is C23H26F2N4O6S2. The average molecular weight is 557 g/mol. The number of thioether (sulfide) groups is 1. The van der Waals surface area contributed by atoms with Crippen LogP contribution in [0.15, 0.2) is 53.4 Å². The van der Waals surface area contributed by atoms with Crippen LogP contribution in [0.3, 0.4) is 0 Å². The largest absolute Gasteiger partial charge is 0.480 e. The van der Waals surface area contributed by atoms with Crippen molar-refractivity contribution in [3.63, 3.8) is 0 Å². The summed E-state index contributed by atoms with van der Waals surface area (Å²) in [5.41, 5.74) is 0.155. The minimum absolute atomic E-state index is 0.0801. The summed E-state index contributed by atoms with van der Waals surface area (Å²) in [6.45, 7) is 2.59. The minimum Gasteiger partial charge on any atom is -0.480 e. The number of benzene rings is 2. The van der Waals surface area contributed by atoms with Crippen LogP contribution in [-0.4, -0.2) is 59.5 Å². The minimum atomic E-state index is -3.83. The Balaban J connectivity index is 1.59. The molecule has 0 radical (unpaired) electrons. The molecule has 2 aromatic rings. The SMILES string of the molecule is CC1(C)SC(S(=O)(=O)c2ccccc2)NC1C(=O)NC(CNC(=O)NCc1cc(F)cc(F)c1)C(=O)O. The van der Waals surface area contributed by atoms with Crippen LogP contribution in [-0.2, 0) is 26.0 Å². The first-order valence-electron chi connectivity index (χ1n) is 11.0. The highest BCUT2D eigenvalue weighted by Crippen LogP contribution is 2.41. The first-order chi connectivity index (χ1) is 17.3. The second kappa shape index (κ2) is 11.4. The molecule has 1 fully saturated rings. The highest BCUT2D eigenvalue weighted by Gasteiger charge is 2.50. The molecule has 1 aliphatic rings. The molecule has 0 spiro atoms. The van der Waals surface area contributed by atoms with Gasteiger partial charge in [-0.3, -0.25) is 10.1 Å². The average Bonchev–Trinajstić information content (AvgIpc) is 3.16. The highest BCUT2D eigenvalue weighted by atomic mass is 32.3. The zero-order chi connectivity index (χ0) is 27.4. The molecule has 3 atom stereocenters. The monoisotopic (exact) mass is 556 g/mol. The van der Waals surface area contributed by atoms with E-state index in [0.717, 1.165) is 23.9 Å². The Hall–Kier alpha value is -3.23. The molecule has 37 heavy (non-hydrogen) atoms. The standard InChI is InChI=1S/C23H26F2N4O6S2/c1-23(2)18(29-22(36-23)37(34,35)16-6-4-3-5-7-16)19(30)28-17(20(31)32)12-27-21(33)26-11-13-8-14(24)10-15(25)9-13/h3-10,17-18,22,29H,11-12H2,1-2H3,(H,28,30)(H,31,32)(H2,26,27,33). The molecule has 10 nitrogen and oxygen atoms in total. The predicted molar refractivity (Wildman–Crippen MR) is 132 cm³/mol. The Kier molecular flexibility index (Phi) is 8.76. The highest BCUT2D eigenvalue weighted by molar-refractivity contribution is 8.14. The fourth-order valence-electron chi connectivity index (χ4n) is 3.60. The molecule has 14 heteroatoms. The molecule has 3 unspecified atom stereocenters. The first kappa shape index (κ1) is 28.3. The number of carboxylic acid groups (broad SMARTS) is 1. The van der Waals surface area contributed by atoms with Gasteiger partial charge in [-0.15, -0.1) is 11.8 Å². The normalized spacial score (nSPS) is 19.6. The number of rotatable bonds is 9. The fourth-order valence-corrected chi connectivity index (χ4v) is 7.35. The molecule has 0 aliphatic carbocycles.